The van der Waals surface area contributed by atoms with Crippen LogP contribution in [-0.4, -0.2) is 11.5 Å². The first-order chi connectivity index (χ1) is 8.66. The molecule has 1 fully saturated rings. The van der Waals surface area contributed by atoms with E-state index in [9.17, 15) is 4.39 Å². The summed E-state index contributed by atoms with van der Waals surface area (Å²) >= 11 is 0. The third-order valence-corrected chi connectivity index (χ3v) is 4.43. The fourth-order valence-electron chi connectivity index (χ4n) is 3.60. The molecule has 3 heteroatoms. The molecule has 3 N–H and O–H groups in total. The normalized spacial score (nSPS) is 18.6. The van der Waals surface area contributed by atoms with Crippen LogP contribution >= 0.6 is 0 Å². The number of hydrogen-bond acceptors (Lipinski definition) is 1. The first kappa shape index (κ1) is 11.7. The van der Waals surface area contributed by atoms with E-state index in [2.05, 4.69) is 11.9 Å². The van der Waals surface area contributed by atoms with Gasteiger partial charge in [-0.1, -0.05) is 12.8 Å². The maximum atomic E-state index is 13.3. The average Bonchev–Trinajstić information content (AvgIpc) is 2.92. The third kappa shape index (κ3) is 1.57. The van der Waals surface area contributed by atoms with Gasteiger partial charge < -0.3 is 10.7 Å². The van der Waals surface area contributed by atoms with Crippen molar-refractivity contribution in [1.82, 2.24) is 4.98 Å². The highest BCUT2D eigenvalue weighted by Gasteiger charge is 2.37. The number of aromatic nitrogens is 1. The van der Waals surface area contributed by atoms with Crippen LogP contribution in [0.25, 0.3) is 10.9 Å². The van der Waals surface area contributed by atoms with Crippen LogP contribution in [0, 0.1) is 12.7 Å². The zero-order valence-electron chi connectivity index (χ0n) is 10.7. The lowest BCUT2D eigenvalue weighted by Crippen LogP contribution is -2.32. The Hall–Kier alpha value is -1.35. The maximum Gasteiger partial charge on any atom is 0.125 e. The fourth-order valence-corrected chi connectivity index (χ4v) is 3.60. The smallest absolute Gasteiger partial charge is 0.125 e. The molecular formula is C15H19FN2. The van der Waals surface area contributed by atoms with E-state index in [-0.39, 0.29) is 11.2 Å². The van der Waals surface area contributed by atoms with Crippen molar-refractivity contribution in [1.29, 1.82) is 0 Å². The lowest BCUT2D eigenvalue weighted by Gasteiger charge is -2.28. The van der Waals surface area contributed by atoms with Crippen molar-refractivity contribution in [2.24, 2.45) is 5.73 Å². The van der Waals surface area contributed by atoms with Crippen LogP contribution in [0.3, 0.4) is 0 Å². The Kier molecular flexibility index (Phi) is 2.67. The largest absolute Gasteiger partial charge is 0.358 e. The molecule has 1 heterocycles. The highest BCUT2D eigenvalue weighted by Crippen LogP contribution is 2.44. The number of nitrogens with one attached hydrogen (secondary N) is 1. The van der Waals surface area contributed by atoms with Crippen molar-refractivity contribution in [3.63, 3.8) is 0 Å². The summed E-state index contributed by atoms with van der Waals surface area (Å²) < 4.78 is 13.3. The molecule has 0 saturated heterocycles. The molecule has 2 nitrogen and oxygen atoms in total. The molecule has 1 aliphatic carbocycles. The van der Waals surface area contributed by atoms with E-state index >= 15 is 0 Å². The summed E-state index contributed by atoms with van der Waals surface area (Å²) in [6.45, 7) is 2.75. The quantitative estimate of drug-likeness (QED) is 0.838. The summed E-state index contributed by atoms with van der Waals surface area (Å²) in [5, 5.41) is 1.14. The van der Waals surface area contributed by atoms with E-state index in [1.807, 2.05) is 6.07 Å². The van der Waals surface area contributed by atoms with Crippen LogP contribution in [0.2, 0.25) is 0 Å². The molecule has 96 valence electrons. The Bertz CT molecular complexity index is 579. The Morgan fingerprint density at radius 1 is 1.33 bits per heavy atom. The van der Waals surface area contributed by atoms with Gasteiger partial charge in [-0.15, -0.1) is 0 Å². The molecule has 1 saturated carbocycles. The van der Waals surface area contributed by atoms with Gasteiger partial charge in [0.25, 0.3) is 0 Å². The molecule has 0 aliphatic heterocycles. The standard InChI is InChI=1S/C15H19FN2/c1-10-14(15(9-17)6-2-3-7-15)12-5-4-11(16)8-13(12)18-10/h4-5,8,18H,2-3,6-7,9,17H2,1H3. The van der Waals surface area contributed by atoms with Crippen molar-refractivity contribution in [2.45, 2.75) is 38.0 Å². The lowest BCUT2D eigenvalue weighted by atomic mass is 9.77. The molecule has 1 aromatic heterocycles. The maximum absolute atomic E-state index is 13.3. The van der Waals surface area contributed by atoms with Gasteiger partial charge in [-0.05, 0) is 43.5 Å². The number of benzene rings is 1. The second-order valence-electron chi connectivity index (χ2n) is 5.51. The molecule has 0 amide bonds. The molecule has 0 spiro atoms. The first-order valence-corrected chi connectivity index (χ1v) is 6.65. The summed E-state index contributed by atoms with van der Waals surface area (Å²) in [6, 6.07) is 5.00. The van der Waals surface area contributed by atoms with E-state index < -0.39 is 0 Å². The SMILES string of the molecule is Cc1[nH]c2cc(F)ccc2c1C1(CN)CCCC1. The Morgan fingerprint density at radius 2 is 2.06 bits per heavy atom. The van der Waals surface area contributed by atoms with E-state index in [0.717, 1.165) is 29.4 Å². The van der Waals surface area contributed by atoms with Gasteiger partial charge in [0, 0.05) is 28.6 Å². The zero-order chi connectivity index (χ0) is 12.8. The predicted molar refractivity (Wildman–Crippen MR) is 72.2 cm³/mol. The minimum absolute atomic E-state index is 0.0974. The second-order valence-corrected chi connectivity index (χ2v) is 5.51. The number of hydrogen-bond donors (Lipinski definition) is 2. The van der Waals surface area contributed by atoms with Crippen LogP contribution in [0.15, 0.2) is 18.2 Å². The van der Waals surface area contributed by atoms with Gasteiger partial charge in [0.05, 0.1) is 0 Å². The number of nitrogens with two attached hydrogens (primary N) is 1. The van der Waals surface area contributed by atoms with Crippen LogP contribution in [0.4, 0.5) is 4.39 Å². The summed E-state index contributed by atoms with van der Waals surface area (Å²) in [6.07, 6.45) is 4.78. The third-order valence-electron chi connectivity index (χ3n) is 4.43. The van der Waals surface area contributed by atoms with Gasteiger partial charge in [0.15, 0.2) is 0 Å². The Balaban J connectivity index is 2.24. The molecule has 0 unspecified atom stereocenters. The van der Waals surface area contributed by atoms with Crippen molar-refractivity contribution < 1.29 is 4.39 Å². The van der Waals surface area contributed by atoms with Gasteiger partial charge in [-0.25, -0.2) is 4.39 Å². The first-order valence-electron chi connectivity index (χ1n) is 6.65. The van der Waals surface area contributed by atoms with Crippen molar-refractivity contribution >= 4 is 10.9 Å². The van der Waals surface area contributed by atoms with Crippen LogP contribution in [0.1, 0.15) is 36.9 Å². The molecular weight excluding hydrogens is 227 g/mol. The monoisotopic (exact) mass is 246 g/mol. The summed E-state index contributed by atoms with van der Waals surface area (Å²) in [5.41, 5.74) is 9.51. The Labute approximate surface area is 106 Å². The van der Waals surface area contributed by atoms with Gasteiger partial charge in [0.2, 0.25) is 0 Å². The zero-order valence-corrected chi connectivity index (χ0v) is 10.7. The molecule has 3 rings (SSSR count). The van der Waals surface area contributed by atoms with Crippen LogP contribution < -0.4 is 5.73 Å². The lowest BCUT2D eigenvalue weighted by molar-refractivity contribution is 0.454. The van der Waals surface area contributed by atoms with E-state index in [1.165, 1.54) is 24.5 Å². The molecule has 0 radical (unpaired) electrons. The predicted octanol–water partition coefficient (Wildman–Crippen LogP) is 3.39. The van der Waals surface area contributed by atoms with Crippen molar-refractivity contribution in [3.05, 3.63) is 35.3 Å². The number of rotatable bonds is 2. The summed E-state index contributed by atoms with van der Waals surface area (Å²) in [4.78, 5) is 3.31. The van der Waals surface area contributed by atoms with Gasteiger partial charge in [-0.3, -0.25) is 0 Å². The fraction of sp³-hybridized carbons (Fsp3) is 0.467. The van der Waals surface area contributed by atoms with Crippen molar-refractivity contribution in [2.75, 3.05) is 6.54 Å². The number of halogens is 1. The van der Waals surface area contributed by atoms with Crippen LogP contribution in [0.5, 0.6) is 0 Å². The van der Waals surface area contributed by atoms with E-state index in [0.29, 0.717) is 6.54 Å². The molecule has 18 heavy (non-hydrogen) atoms. The van der Waals surface area contributed by atoms with Gasteiger partial charge in [0.1, 0.15) is 5.82 Å². The average molecular weight is 246 g/mol. The summed E-state index contributed by atoms with van der Waals surface area (Å²) in [5.74, 6) is -0.191. The molecule has 0 atom stereocenters. The number of aryl methyl sites for hydroxylation is 1. The van der Waals surface area contributed by atoms with Crippen molar-refractivity contribution in [3.8, 4) is 0 Å². The second kappa shape index (κ2) is 4.09. The topological polar surface area (TPSA) is 41.8 Å². The van der Waals surface area contributed by atoms with E-state index in [1.54, 1.807) is 6.07 Å². The molecule has 0 bridgehead atoms. The van der Waals surface area contributed by atoms with Gasteiger partial charge >= 0.3 is 0 Å². The highest BCUT2D eigenvalue weighted by atomic mass is 19.1. The van der Waals surface area contributed by atoms with Crippen LogP contribution in [-0.2, 0) is 5.41 Å². The summed E-state index contributed by atoms with van der Waals surface area (Å²) in [7, 11) is 0. The number of fused-ring (bicyclic) bond motifs is 1. The Morgan fingerprint density at radius 3 is 2.72 bits per heavy atom. The van der Waals surface area contributed by atoms with Gasteiger partial charge in [-0.2, -0.15) is 0 Å². The molecule has 1 aliphatic rings. The van der Waals surface area contributed by atoms with E-state index in [4.69, 9.17) is 5.73 Å². The minimum Gasteiger partial charge on any atom is -0.358 e. The highest BCUT2D eigenvalue weighted by molar-refractivity contribution is 5.86. The number of H-pyrrole nitrogens is 1. The number of aromatic amines is 1. The molecule has 1 aromatic carbocycles. The minimum atomic E-state index is -0.191. The molecule has 2 aromatic rings.